The number of nitrogens with one attached hydrogen (secondary N) is 1. The highest BCUT2D eigenvalue weighted by Gasteiger charge is 2.07. The van der Waals surface area contributed by atoms with E-state index < -0.39 is 0 Å². The molecule has 1 aromatic rings. The van der Waals surface area contributed by atoms with Crippen LogP contribution in [0.3, 0.4) is 0 Å². The molecule has 2 nitrogen and oxygen atoms in total. The van der Waals surface area contributed by atoms with Gasteiger partial charge in [0.05, 0.1) is 0 Å². The summed E-state index contributed by atoms with van der Waals surface area (Å²) in [5.74, 6) is -0.241. The van der Waals surface area contributed by atoms with E-state index in [9.17, 15) is 4.39 Å². The molecule has 0 unspecified atom stereocenters. The molecular formula is C11H15FN2S. The standard InChI is InChI=1S/C11H15FN2S/c1-8(2)13-11(15)14(3)10-6-4-9(12)5-7-10/h4-8H,1-3H3,(H,13,15). The Morgan fingerprint density at radius 3 is 2.33 bits per heavy atom. The molecule has 0 saturated carbocycles. The number of benzene rings is 1. The average molecular weight is 226 g/mol. The summed E-state index contributed by atoms with van der Waals surface area (Å²) in [5, 5.41) is 3.75. The van der Waals surface area contributed by atoms with Crippen molar-refractivity contribution in [1.29, 1.82) is 0 Å². The van der Waals surface area contributed by atoms with Crippen molar-refractivity contribution < 1.29 is 4.39 Å². The van der Waals surface area contributed by atoms with Gasteiger partial charge in [0.25, 0.3) is 0 Å². The highest BCUT2D eigenvalue weighted by Crippen LogP contribution is 2.13. The first kappa shape index (κ1) is 11.9. The van der Waals surface area contributed by atoms with E-state index in [0.29, 0.717) is 11.2 Å². The molecule has 0 saturated heterocycles. The van der Waals surface area contributed by atoms with Gasteiger partial charge in [-0.2, -0.15) is 0 Å². The lowest BCUT2D eigenvalue weighted by Crippen LogP contribution is -2.40. The molecule has 0 fully saturated rings. The predicted molar refractivity (Wildman–Crippen MR) is 65.7 cm³/mol. The number of halogens is 1. The van der Waals surface area contributed by atoms with Gasteiger partial charge >= 0.3 is 0 Å². The van der Waals surface area contributed by atoms with Crippen molar-refractivity contribution in [2.24, 2.45) is 0 Å². The predicted octanol–water partition coefficient (Wildman–Crippen LogP) is 2.54. The molecule has 15 heavy (non-hydrogen) atoms. The summed E-state index contributed by atoms with van der Waals surface area (Å²) in [4.78, 5) is 1.81. The normalized spacial score (nSPS) is 10.2. The third kappa shape index (κ3) is 3.47. The number of hydrogen-bond donors (Lipinski definition) is 1. The third-order valence-electron chi connectivity index (χ3n) is 1.93. The molecule has 0 aliphatic heterocycles. The molecule has 0 radical (unpaired) electrons. The molecule has 1 aromatic carbocycles. The lowest BCUT2D eigenvalue weighted by Gasteiger charge is -2.22. The maximum absolute atomic E-state index is 12.7. The first-order chi connectivity index (χ1) is 7.00. The van der Waals surface area contributed by atoms with Gasteiger partial charge in [-0.05, 0) is 50.3 Å². The minimum Gasteiger partial charge on any atom is -0.360 e. The summed E-state index contributed by atoms with van der Waals surface area (Å²) in [5.41, 5.74) is 0.870. The second kappa shape index (κ2) is 5.07. The molecule has 0 aliphatic rings. The van der Waals surface area contributed by atoms with E-state index in [1.807, 2.05) is 25.8 Å². The van der Waals surface area contributed by atoms with Crippen LogP contribution in [0.2, 0.25) is 0 Å². The first-order valence-electron chi connectivity index (χ1n) is 4.80. The van der Waals surface area contributed by atoms with Crippen molar-refractivity contribution in [3.63, 3.8) is 0 Å². The fraction of sp³-hybridized carbons (Fsp3) is 0.364. The Balaban J connectivity index is 2.71. The minimum absolute atomic E-state index is 0.241. The summed E-state index contributed by atoms with van der Waals surface area (Å²) in [6.07, 6.45) is 0. The summed E-state index contributed by atoms with van der Waals surface area (Å²) >= 11 is 5.19. The number of thiocarbonyl (C=S) groups is 1. The van der Waals surface area contributed by atoms with Crippen LogP contribution in [0.5, 0.6) is 0 Å². The van der Waals surface area contributed by atoms with Crippen molar-refractivity contribution >= 4 is 23.0 Å². The van der Waals surface area contributed by atoms with Crippen molar-refractivity contribution in [3.05, 3.63) is 30.1 Å². The molecule has 1 rings (SSSR count). The average Bonchev–Trinajstić information content (AvgIpc) is 2.17. The van der Waals surface area contributed by atoms with Crippen LogP contribution in [0.1, 0.15) is 13.8 Å². The van der Waals surface area contributed by atoms with Crippen LogP contribution in [-0.4, -0.2) is 18.2 Å². The van der Waals surface area contributed by atoms with E-state index in [-0.39, 0.29) is 5.82 Å². The SMILES string of the molecule is CC(C)NC(=S)N(C)c1ccc(F)cc1. The summed E-state index contributed by atoms with van der Waals surface area (Å²) in [6, 6.07) is 6.53. The van der Waals surface area contributed by atoms with Crippen molar-refractivity contribution in [3.8, 4) is 0 Å². The Labute approximate surface area is 95.1 Å². The molecule has 4 heteroatoms. The van der Waals surface area contributed by atoms with Crippen LogP contribution in [-0.2, 0) is 0 Å². The van der Waals surface area contributed by atoms with E-state index in [0.717, 1.165) is 5.69 Å². The van der Waals surface area contributed by atoms with E-state index in [1.165, 1.54) is 12.1 Å². The Morgan fingerprint density at radius 1 is 1.33 bits per heavy atom. The molecule has 0 aliphatic carbocycles. The van der Waals surface area contributed by atoms with Crippen molar-refractivity contribution in [1.82, 2.24) is 5.32 Å². The second-order valence-corrected chi connectivity index (χ2v) is 4.03. The van der Waals surface area contributed by atoms with Crippen molar-refractivity contribution in [2.75, 3.05) is 11.9 Å². The van der Waals surface area contributed by atoms with Gasteiger partial charge in [-0.15, -0.1) is 0 Å². The molecule has 0 bridgehead atoms. The maximum Gasteiger partial charge on any atom is 0.173 e. The molecule has 0 heterocycles. The third-order valence-corrected chi connectivity index (χ3v) is 2.32. The summed E-state index contributed by atoms with van der Waals surface area (Å²) in [7, 11) is 1.85. The molecule has 0 atom stereocenters. The molecule has 0 spiro atoms. The van der Waals surface area contributed by atoms with Crippen LogP contribution in [0.4, 0.5) is 10.1 Å². The lowest BCUT2D eigenvalue weighted by molar-refractivity contribution is 0.628. The van der Waals surface area contributed by atoms with Gasteiger partial charge in [-0.3, -0.25) is 0 Å². The van der Waals surface area contributed by atoms with Gasteiger partial charge in [0, 0.05) is 18.8 Å². The number of hydrogen-bond acceptors (Lipinski definition) is 1. The van der Waals surface area contributed by atoms with Gasteiger partial charge in [-0.1, -0.05) is 0 Å². The van der Waals surface area contributed by atoms with Crippen LogP contribution in [0.15, 0.2) is 24.3 Å². The fourth-order valence-corrected chi connectivity index (χ4v) is 1.47. The largest absolute Gasteiger partial charge is 0.360 e. The number of rotatable bonds is 2. The second-order valence-electron chi connectivity index (χ2n) is 3.64. The van der Waals surface area contributed by atoms with Gasteiger partial charge in [0.1, 0.15) is 5.82 Å². The van der Waals surface area contributed by atoms with E-state index >= 15 is 0 Å². The Hall–Kier alpha value is -1.16. The Morgan fingerprint density at radius 2 is 1.87 bits per heavy atom. The molecule has 82 valence electrons. The van der Waals surface area contributed by atoms with Gasteiger partial charge in [0.2, 0.25) is 0 Å². The van der Waals surface area contributed by atoms with Gasteiger partial charge in [-0.25, -0.2) is 4.39 Å². The summed E-state index contributed by atoms with van der Waals surface area (Å²) < 4.78 is 12.7. The van der Waals surface area contributed by atoms with E-state index in [4.69, 9.17) is 12.2 Å². The Kier molecular flexibility index (Phi) is 4.03. The van der Waals surface area contributed by atoms with Crippen LogP contribution in [0.25, 0.3) is 0 Å². The number of anilines is 1. The van der Waals surface area contributed by atoms with Gasteiger partial charge < -0.3 is 10.2 Å². The van der Waals surface area contributed by atoms with Gasteiger partial charge in [0.15, 0.2) is 5.11 Å². The highest BCUT2D eigenvalue weighted by molar-refractivity contribution is 7.80. The highest BCUT2D eigenvalue weighted by atomic mass is 32.1. The molecule has 0 amide bonds. The smallest absolute Gasteiger partial charge is 0.173 e. The van der Waals surface area contributed by atoms with Crippen LogP contribution in [0, 0.1) is 5.82 Å². The van der Waals surface area contributed by atoms with Crippen LogP contribution < -0.4 is 10.2 Å². The molecular weight excluding hydrogens is 211 g/mol. The number of nitrogens with zero attached hydrogens (tertiary/aromatic N) is 1. The maximum atomic E-state index is 12.7. The molecule has 0 aromatic heterocycles. The lowest BCUT2D eigenvalue weighted by atomic mass is 10.3. The zero-order valence-electron chi connectivity index (χ0n) is 9.12. The summed E-state index contributed by atoms with van der Waals surface area (Å²) in [6.45, 7) is 4.04. The zero-order chi connectivity index (χ0) is 11.4. The van der Waals surface area contributed by atoms with Crippen molar-refractivity contribution in [2.45, 2.75) is 19.9 Å². The monoisotopic (exact) mass is 226 g/mol. The first-order valence-corrected chi connectivity index (χ1v) is 5.21. The van der Waals surface area contributed by atoms with E-state index in [2.05, 4.69) is 5.32 Å². The molecule has 1 N–H and O–H groups in total. The van der Waals surface area contributed by atoms with E-state index in [1.54, 1.807) is 12.1 Å². The minimum atomic E-state index is -0.241. The topological polar surface area (TPSA) is 15.3 Å². The quantitative estimate of drug-likeness (QED) is 0.780. The van der Waals surface area contributed by atoms with Crippen LogP contribution >= 0.6 is 12.2 Å². The Bertz CT molecular complexity index is 335. The zero-order valence-corrected chi connectivity index (χ0v) is 9.94. The fourth-order valence-electron chi connectivity index (χ4n) is 1.13.